The Morgan fingerprint density at radius 2 is 2.16 bits per heavy atom. The van der Waals surface area contributed by atoms with Crippen molar-refractivity contribution < 1.29 is 9.53 Å². The zero-order chi connectivity index (χ0) is 14.0. The average Bonchev–Trinajstić information content (AvgIpc) is 2.31. The highest BCUT2D eigenvalue weighted by Crippen LogP contribution is 2.25. The molecule has 0 aromatic heterocycles. The molecular weight excluding hydrogens is 374 g/mol. The van der Waals surface area contributed by atoms with E-state index < -0.39 is 0 Å². The zero-order valence-electron chi connectivity index (χ0n) is 11.0. The van der Waals surface area contributed by atoms with E-state index in [-0.39, 0.29) is 17.6 Å². The number of hydrogen-bond donors (Lipinski definition) is 1. The van der Waals surface area contributed by atoms with Gasteiger partial charge in [-0.25, -0.2) is 0 Å². The van der Waals surface area contributed by atoms with Crippen molar-refractivity contribution in [2.24, 2.45) is 0 Å². The molecule has 1 aromatic carbocycles. The van der Waals surface area contributed by atoms with Gasteiger partial charge in [0.15, 0.2) is 0 Å². The first-order valence-corrected chi connectivity index (χ1v) is 7.86. The highest BCUT2D eigenvalue weighted by molar-refractivity contribution is 9.11. The van der Waals surface area contributed by atoms with Crippen molar-refractivity contribution in [2.45, 2.75) is 38.3 Å². The second-order valence-electron chi connectivity index (χ2n) is 5.40. The third-order valence-electron chi connectivity index (χ3n) is 3.21. The molecule has 1 aromatic rings. The van der Waals surface area contributed by atoms with Crippen molar-refractivity contribution >= 4 is 37.8 Å². The fourth-order valence-electron chi connectivity index (χ4n) is 2.29. The molecule has 1 saturated heterocycles. The molecule has 0 aliphatic carbocycles. The fraction of sp³-hybridized carbons (Fsp3) is 0.500. The smallest absolute Gasteiger partial charge is 0.252 e. The number of benzene rings is 1. The van der Waals surface area contributed by atoms with E-state index in [1.165, 1.54) is 0 Å². The van der Waals surface area contributed by atoms with Gasteiger partial charge >= 0.3 is 0 Å². The largest absolute Gasteiger partial charge is 0.375 e. The van der Waals surface area contributed by atoms with Gasteiger partial charge in [0.1, 0.15) is 0 Å². The standard InChI is InChI=1S/C14H17Br2NO2/c1-14(2)8-10(5-6-19-14)17-13(18)11-7-9(15)3-4-12(11)16/h3-4,7,10H,5-6,8H2,1-2H3,(H,17,18). The summed E-state index contributed by atoms with van der Waals surface area (Å²) in [7, 11) is 0. The number of hydrogen-bond acceptors (Lipinski definition) is 2. The Morgan fingerprint density at radius 1 is 1.42 bits per heavy atom. The molecule has 1 N–H and O–H groups in total. The van der Waals surface area contributed by atoms with Crippen LogP contribution >= 0.6 is 31.9 Å². The van der Waals surface area contributed by atoms with Crippen molar-refractivity contribution in [3.8, 4) is 0 Å². The molecule has 1 amide bonds. The van der Waals surface area contributed by atoms with E-state index in [1.807, 2.05) is 18.2 Å². The molecule has 1 aliphatic heterocycles. The Kier molecular flexibility index (Phi) is 4.69. The lowest BCUT2D eigenvalue weighted by atomic mass is 9.94. The number of carbonyl (C=O) groups excluding carboxylic acids is 1. The molecule has 3 nitrogen and oxygen atoms in total. The lowest BCUT2D eigenvalue weighted by Crippen LogP contribution is -2.45. The van der Waals surface area contributed by atoms with Gasteiger partial charge in [-0.1, -0.05) is 15.9 Å². The van der Waals surface area contributed by atoms with E-state index in [4.69, 9.17) is 4.74 Å². The summed E-state index contributed by atoms with van der Waals surface area (Å²) in [5, 5.41) is 3.09. The topological polar surface area (TPSA) is 38.3 Å². The number of ether oxygens (including phenoxy) is 1. The van der Waals surface area contributed by atoms with Gasteiger partial charge < -0.3 is 10.1 Å². The summed E-state index contributed by atoms with van der Waals surface area (Å²) in [5.41, 5.74) is 0.490. The summed E-state index contributed by atoms with van der Waals surface area (Å²) in [6.45, 7) is 4.80. The molecule has 2 rings (SSSR count). The molecule has 0 bridgehead atoms. The molecule has 5 heteroatoms. The minimum absolute atomic E-state index is 0.0455. The third kappa shape index (κ3) is 4.04. The van der Waals surface area contributed by atoms with Crippen LogP contribution in [0.3, 0.4) is 0 Å². The van der Waals surface area contributed by atoms with E-state index in [2.05, 4.69) is 51.0 Å². The van der Waals surface area contributed by atoms with Gasteiger partial charge in [0.25, 0.3) is 5.91 Å². The predicted molar refractivity (Wildman–Crippen MR) is 82.4 cm³/mol. The Morgan fingerprint density at radius 3 is 2.84 bits per heavy atom. The van der Waals surface area contributed by atoms with Crippen LogP contribution in [0.25, 0.3) is 0 Å². The maximum absolute atomic E-state index is 12.3. The monoisotopic (exact) mass is 389 g/mol. The Labute approximate surface area is 130 Å². The van der Waals surface area contributed by atoms with Gasteiger partial charge in [-0.15, -0.1) is 0 Å². The Hall–Kier alpha value is -0.390. The van der Waals surface area contributed by atoms with E-state index in [9.17, 15) is 4.79 Å². The maximum Gasteiger partial charge on any atom is 0.252 e. The normalized spacial score (nSPS) is 22.0. The van der Waals surface area contributed by atoms with Crippen LogP contribution in [0.1, 0.15) is 37.0 Å². The lowest BCUT2D eigenvalue weighted by molar-refractivity contribution is -0.0615. The average molecular weight is 391 g/mol. The van der Waals surface area contributed by atoms with Crippen LogP contribution in [0.2, 0.25) is 0 Å². The highest BCUT2D eigenvalue weighted by atomic mass is 79.9. The van der Waals surface area contributed by atoms with Crippen LogP contribution in [0.15, 0.2) is 27.1 Å². The molecule has 1 fully saturated rings. The molecular formula is C14H17Br2NO2. The van der Waals surface area contributed by atoms with Gasteiger partial charge in [0.2, 0.25) is 0 Å². The molecule has 0 spiro atoms. The molecule has 1 atom stereocenters. The second kappa shape index (κ2) is 5.94. The number of rotatable bonds is 2. The van der Waals surface area contributed by atoms with Crippen LogP contribution in [-0.4, -0.2) is 24.2 Å². The van der Waals surface area contributed by atoms with Crippen LogP contribution < -0.4 is 5.32 Å². The summed E-state index contributed by atoms with van der Waals surface area (Å²) in [6.07, 6.45) is 1.70. The fourth-order valence-corrected chi connectivity index (χ4v) is 3.08. The van der Waals surface area contributed by atoms with Gasteiger partial charge in [0, 0.05) is 21.6 Å². The van der Waals surface area contributed by atoms with E-state index in [0.29, 0.717) is 12.2 Å². The minimum Gasteiger partial charge on any atom is -0.375 e. The number of nitrogens with one attached hydrogen (secondary N) is 1. The third-order valence-corrected chi connectivity index (χ3v) is 4.39. The number of halogens is 2. The van der Waals surface area contributed by atoms with Gasteiger partial charge in [-0.2, -0.15) is 0 Å². The summed E-state index contributed by atoms with van der Waals surface area (Å²) in [6, 6.07) is 5.76. The molecule has 1 heterocycles. The quantitative estimate of drug-likeness (QED) is 0.831. The maximum atomic E-state index is 12.3. The van der Waals surface area contributed by atoms with E-state index in [1.54, 1.807) is 0 Å². The van der Waals surface area contributed by atoms with Crippen molar-refractivity contribution in [2.75, 3.05) is 6.61 Å². The zero-order valence-corrected chi connectivity index (χ0v) is 14.2. The molecule has 0 radical (unpaired) electrons. The SMILES string of the molecule is CC1(C)CC(NC(=O)c2cc(Br)ccc2Br)CCO1. The van der Waals surface area contributed by atoms with E-state index >= 15 is 0 Å². The first-order valence-electron chi connectivity index (χ1n) is 6.27. The van der Waals surface area contributed by atoms with Crippen LogP contribution in [-0.2, 0) is 4.74 Å². The Balaban J connectivity index is 2.06. The second-order valence-corrected chi connectivity index (χ2v) is 7.17. The van der Waals surface area contributed by atoms with Gasteiger partial charge in [-0.05, 0) is 60.8 Å². The molecule has 1 unspecified atom stereocenters. The van der Waals surface area contributed by atoms with Gasteiger partial charge in [0.05, 0.1) is 11.2 Å². The Bertz CT molecular complexity index is 488. The predicted octanol–water partition coefficient (Wildman–Crippen LogP) is 3.90. The van der Waals surface area contributed by atoms with Crippen LogP contribution in [0.5, 0.6) is 0 Å². The van der Waals surface area contributed by atoms with Crippen molar-refractivity contribution in [1.82, 2.24) is 5.32 Å². The summed E-state index contributed by atoms with van der Waals surface area (Å²) in [4.78, 5) is 12.3. The van der Waals surface area contributed by atoms with Crippen molar-refractivity contribution in [3.05, 3.63) is 32.7 Å². The summed E-state index contributed by atoms with van der Waals surface area (Å²) >= 11 is 6.80. The molecule has 104 valence electrons. The van der Waals surface area contributed by atoms with Crippen LogP contribution in [0, 0.1) is 0 Å². The van der Waals surface area contributed by atoms with E-state index in [0.717, 1.165) is 21.8 Å². The molecule has 1 aliphatic rings. The van der Waals surface area contributed by atoms with Gasteiger partial charge in [-0.3, -0.25) is 4.79 Å². The van der Waals surface area contributed by atoms with Crippen molar-refractivity contribution in [1.29, 1.82) is 0 Å². The summed E-state index contributed by atoms with van der Waals surface area (Å²) < 4.78 is 7.36. The summed E-state index contributed by atoms with van der Waals surface area (Å²) in [5.74, 6) is -0.0455. The van der Waals surface area contributed by atoms with Crippen molar-refractivity contribution in [3.63, 3.8) is 0 Å². The number of amides is 1. The first kappa shape index (κ1) is 15.0. The lowest BCUT2D eigenvalue weighted by Gasteiger charge is -2.35. The number of carbonyl (C=O) groups is 1. The molecule has 0 saturated carbocycles. The first-order chi connectivity index (χ1) is 8.87. The highest BCUT2D eigenvalue weighted by Gasteiger charge is 2.30. The van der Waals surface area contributed by atoms with Crippen LogP contribution in [0.4, 0.5) is 0 Å². The molecule has 19 heavy (non-hydrogen) atoms. The minimum atomic E-state index is -0.162.